The van der Waals surface area contributed by atoms with Crippen molar-refractivity contribution in [1.29, 1.82) is 5.41 Å². The molecule has 0 radical (unpaired) electrons. The molecule has 0 amide bonds. The number of allylic oxidation sites excluding steroid dienone is 5. The Morgan fingerprint density at radius 1 is 1.42 bits per heavy atom. The lowest BCUT2D eigenvalue weighted by molar-refractivity contribution is 1.46. The van der Waals surface area contributed by atoms with Crippen LogP contribution in [-0.4, -0.2) is 11.4 Å². The van der Waals surface area contributed by atoms with Crippen molar-refractivity contribution in [3.05, 3.63) is 36.1 Å². The van der Waals surface area contributed by atoms with Gasteiger partial charge in [0, 0.05) is 6.20 Å². The Balaban J connectivity index is 2.92. The topological polar surface area (TPSA) is 36.2 Å². The molecule has 1 rings (SSSR count). The fraction of sp³-hybridized carbons (Fsp3) is 0.200. The smallest absolute Gasteiger partial charge is 0.0881 e. The third-order valence-corrected chi connectivity index (χ3v) is 1.52. The zero-order chi connectivity index (χ0) is 8.97. The third-order valence-electron chi connectivity index (χ3n) is 1.52. The summed E-state index contributed by atoms with van der Waals surface area (Å²) in [4.78, 5) is 4.12. The van der Waals surface area contributed by atoms with Gasteiger partial charge in [-0.3, -0.25) is 10.4 Å². The Morgan fingerprint density at radius 2 is 2.17 bits per heavy atom. The fourth-order valence-corrected chi connectivity index (χ4v) is 0.903. The van der Waals surface area contributed by atoms with Gasteiger partial charge in [-0.1, -0.05) is 12.2 Å². The molecule has 0 atom stereocenters. The minimum Gasteiger partial charge on any atom is -0.299 e. The van der Waals surface area contributed by atoms with Crippen LogP contribution in [0.3, 0.4) is 0 Å². The highest BCUT2D eigenvalue weighted by Gasteiger charge is 2.04. The average molecular weight is 160 g/mol. The van der Waals surface area contributed by atoms with Gasteiger partial charge in [-0.05, 0) is 31.6 Å². The van der Waals surface area contributed by atoms with E-state index in [-0.39, 0.29) is 0 Å². The van der Waals surface area contributed by atoms with Crippen LogP contribution in [0.4, 0.5) is 0 Å². The van der Waals surface area contributed by atoms with Gasteiger partial charge in [0.1, 0.15) is 0 Å². The standard InChI is InChI=1S/C10H12N2/c1-3-6-12-10-7-8(2)4-5-9(10)11/h3-7,11H,1-2H3/b6-3-,11-9?,12-10-. The molecule has 1 N–H and O–H groups in total. The van der Waals surface area contributed by atoms with Crippen molar-refractivity contribution >= 4 is 11.4 Å². The first-order chi connectivity index (χ1) is 5.74. The molecule has 0 aromatic heterocycles. The van der Waals surface area contributed by atoms with Crippen LogP contribution in [0.15, 0.2) is 41.1 Å². The van der Waals surface area contributed by atoms with Crippen molar-refractivity contribution in [3.8, 4) is 0 Å². The van der Waals surface area contributed by atoms with E-state index in [9.17, 15) is 0 Å². The van der Waals surface area contributed by atoms with Gasteiger partial charge in [-0.25, -0.2) is 0 Å². The molecular formula is C10H12N2. The first kappa shape index (κ1) is 8.65. The molecule has 2 heteroatoms. The van der Waals surface area contributed by atoms with Crippen molar-refractivity contribution < 1.29 is 0 Å². The van der Waals surface area contributed by atoms with Crippen LogP contribution in [0.2, 0.25) is 0 Å². The molecule has 0 aromatic rings. The maximum absolute atomic E-state index is 7.52. The van der Waals surface area contributed by atoms with Gasteiger partial charge in [-0.2, -0.15) is 0 Å². The van der Waals surface area contributed by atoms with Gasteiger partial charge in [-0.15, -0.1) is 0 Å². The molecule has 1 aliphatic carbocycles. The Morgan fingerprint density at radius 3 is 2.83 bits per heavy atom. The van der Waals surface area contributed by atoms with E-state index in [1.807, 2.05) is 32.1 Å². The largest absolute Gasteiger partial charge is 0.299 e. The van der Waals surface area contributed by atoms with E-state index in [0.717, 1.165) is 11.3 Å². The molecule has 0 spiro atoms. The van der Waals surface area contributed by atoms with Gasteiger partial charge < -0.3 is 0 Å². The van der Waals surface area contributed by atoms with E-state index in [1.54, 1.807) is 12.3 Å². The number of hydrogen-bond acceptors (Lipinski definition) is 2. The first-order valence-corrected chi connectivity index (χ1v) is 3.88. The molecule has 0 bridgehead atoms. The highest BCUT2D eigenvalue weighted by molar-refractivity contribution is 6.50. The summed E-state index contributed by atoms with van der Waals surface area (Å²) < 4.78 is 0. The molecule has 62 valence electrons. The Labute approximate surface area is 72.5 Å². The lowest BCUT2D eigenvalue weighted by atomic mass is 10.1. The van der Waals surface area contributed by atoms with E-state index in [0.29, 0.717) is 5.71 Å². The summed E-state index contributed by atoms with van der Waals surface area (Å²) in [6.07, 6.45) is 9.13. The van der Waals surface area contributed by atoms with Crippen LogP contribution < -0.4 is 0 Å². The Bertz CT molecular complexity index is 304. The van der Waals surface area contributed by atoms with Crippen LogP contribution in [0.5, 0.6) is 0 Å². The van der Waals surface area contributed by atoms with Crippen LogP contribution in [0.25, 0.3) is 0 Å². The number of aliphatic imine (C=N–C) groups is 1. The molecule has 1 aliphatic rings. The number of nitrogens with one attached hydrogen (secondary N) is 1. The van der Waals surface area contributed by atoms with E-state index >= 15 is 0 Å². The summed E-state index contributed by atoms with van der Waals surface area (Å²) in [6, 6.07) is 0. The number of hydrogen-bond donors (Lipinski definition) is 1. The van der Waals surface area contributed by atoms with Gasteiger partial charge in [0.15, 0.2) is 0 Å². The van der Waals surface area contributed by atoms with Crippen LogP contribution >= 0.6 is 0 Å². The third kappa shape index (κ3) is 2.02. The van der Waals surface area contributed by atoms with E-state index in [2.05, 4.69) is 4.99 Å². The quantitative estimate of drug-likeness (QED) is 0.572. The van der Waals surface area contributed by atoms with Crippen molar-refractivity contribution in [3.63, 3.8) is 0 Å². The van der Waals surface area contributed by atoms with Crippen LogP contribution in [0, 0.1) is 5.41 Å². The Kier molecular flexibility index (Phi) is 2.75. The molecule has 0 aliphatic heterocycles. The second-order valence-corrected chi connectivity index (χ2v) is 2.63. The molecule has 0 heterocycles. The summed E-state index contributed by atoms with van der Waals surface area (Å²) in [6.45, 7) is 3.90. The zero-order valence-corrected chi connectivity index (χ0v) is 7.33. The van der Waals surface area contributed by atoms with Crippen LogP contribution in [0.1, 0.15) is 13.8 Å². The molecule has 0 fully saturated rings. The summed E-state index contributed by atoms with van der Waals surface area (Å²) in [5.74, 6) is 0. The average Bonchev–Trinajstić information content (AvgIpc) is 2.07. The second-order valence-electron chi connectivity index (χ2n) is 2.63. The van der Waals surface area contributed by atoms with E-state index in [1.165, 1.54) is 0 Å². The van der Waals surface area contributed by atoms with Gasteiger partial charge in [0.2, 0.25) is 0 Å². The summed E-state index contributed by atoms with van der Waals surface area (Å²) >= 11 is 0. The molecular weight excluding hydrogens is 148 g/mol. The van der Waals surface area contributed by atoms with E-state index in [4.69, 9.17) is 5.41 Å². The van der Waals surface area contributed by atoms with Crippen molar-refractivity contribution in [2.24, 2.45) is 4.99 Å². The van der Waals surface area contributed by atoms with Crippen molar-refractivity contribution in [2.75, 3.05) is 0 Å². The minimum atomic E-state index is 0.471. The second kappa shape index (κ2) is 3.81. The minimum absolute atomic E-state index is 0.471. The van der Waals surface area contributed by atoms with E-state index < -0.39 is 0 Å². The number of rotatable bonds is 1. The highest BCUT2D eigenvalue weighted by atomic mass is 14.7. The maximum Gasteiger partial charge on any atom is 0.0881 e. The predicted octanol–water partition coefficient (Wildman–Crippen LogP) is 2.50. The SMILES string of the molecule is C/C=C\N=C1\C=C(C)C=CC1=N. The predicted molar refractivity (Wildman–Crippen MR) is 52.9 cm³/mol. The fourth-order valence-electron chi connectivity index (χ4n) is 0.903. The zero-order valence-electron chi connectivity index (χ0n) is 7.33. The number of nitrogens with zero attached hydrogens (tertiary/aromatic N) is 1. The van der Waals surface area contributed by atoms with Crippen LogP contribution in [-0.2, 0) is 0 Å². The Hall–Kier alpha value is -1.44. The lowest BCUT2D eigenvalue weighted by Crippen LogP contribution is -2.10. The molecule has 0 aromatic carbocycles. The lowest BCUT2D eigenvalue weighted by Gasteiger charge is -2.04. The molecule has 0 saturated carbocycles. The summed E-state index contributed by atoms with van der Waals surface area (Å²) in [7, 11) is 0. The molecule has 2 nitrogen and oxygen atoms in total. The summed E-state index contributed by atoms with van der Waals surface area (Å²) in [5.41, 5.74) is 2.33. The highest BCUT2D eigenvalue weighted by Crippen LogP contribution is 2.04. The van der Waals surface area contributed by atoms with Gasteiger partial charge >= 0.3 is 0 Å². The van der Waals surface area contributed by atoms with Gasteiger partial charge in [0.05, 0.1) is 11.4 Å². The molecule has 0 unspecified atom stereocenters. The van der Waals surface area contributed by atoms with Gasteiger partial charge in [0.25, 0.3) is 0 Å². The molecule has 0 saturated heterocycles. The first-order valence-electron chi connectivity index (χ1n) is 3.88. The monoisotopic (exact) mass is 160 g/mol. The van der Waals surface area contributed by atoms with Crippen molar-refractivity contribution in [1.82, 2.24) is 0 Å². The van der Waals surface area contributed by atoms with Crippen molar-refractivity contribution in [2.45, 2.75) is 13.8 Å². The normalized spacial score (nSPS) is 20.7. The maximum atomic E-state index is 7.52. The summed E-state index contributed by atoms with van der Waals surface area (Å²) in [5, 5.41) is 7.52. The molecule has 12 heavy (non-hydrogen) atoms.